The predicted octanol–water partition coefficient (Wildman–Crippen LogP) is 6.04. The second-order valence-corrected chi connectivity index (χ2v) is 10.7. The van der Waals surface area contributed by atoms with Crippen LogP contribution in [0.4, 0.5) is 0 Å². The van der Waals surface area contributed by atoms with Crippen LogP contribution in [0.2, 0.25) is 0 Å². The summed E-state index contributed by atoms with van der Waals surface area (Å²) in [6.45, 7) is 26.4. The highest BCUT2D eigenvalue weighted by Crippen LogP contribution is 2.37. The van der Waals surface area contributed by atoms with Crippen molar-refractivity contribution in [2.75, 3.05) is 0 Å². The molecule has 2 unspecified atom stereocenters. The van der Waals surface area contributed by atoms with E-state index >= 15 is 0 Å². The van der Waals surface area contributed by atoms with Crippen molar-refractivity contribution in [3.05, 3.63) is 0 Å². The summed E-state index contributed by atoms with van der Waals surface area (Å²) in [5.41, 5.74) is 0.0803. The van der Waals surface area contributed by atoms with Crippen molar-refractivity contribution in [2.45, 2.75) is 108 Å². The Hall–Kier alpha value is -0.0800. The Labute approximate surface area is 134 Å². The van der Waals surface area contributed by atoms with Crippen LogP contribution in [-0.2, 0) is 9.47 Å². The Morgan fingerprint density at radius 2 is 1.10 bits per heavy atom. The van der Waals surface area contributed by atoms with Gasteiger partial charge in [0, 0.05) is 5.41 Å². The second-order valence-electron chi connectivity index (χ2n) is 10.7. The van der Waals surface area contributed by atoms with Gasteiger partial charge < -0.3 is 9.47 Å². The van der Waals surface area contributed by atoms with Crippen LogP contribution >= 0.6 is 0 Å². The van der Waals surface area contributed by atoms with Gasteiger partial charge in [0.15, 0.2) is 6.29 Å². The summed E-state index contributed by atoms with van der Waals surface area (Å²) in [6, 6.07) is 0. The molecular formula is C19H40O2. The molecular weight excluding hydrogens is 260 g/mol. The molecule has 0 fully saturated rings. The molecule has 0 bridgehead atoms. The Bertz CT molecular complexity index is 272. The molecule has 0 saturated heterocycles. The lowest BCUT2D eigenvalue weighted by atomic mass is 9.78. The lowest BCUT2D eigenvalue weighted by Crippen LogP contribution is -2.45. The van der Waals surface area contributed by atoms with Crippen LogP contribution in [0.1, 0.15) is 89.5 Å². The molecule has 0 aliphatic heterocycles. The maximum absolute atomic E-state index is 6.51. The van der Waals surface area contributed by atoms with Gasteiger partial charge in [-0.15, -0.1) is 0 Å². The van der Waals surface area contributed by atoms with E-state index < -0.39 is 0 Å². The van der Waals surface area contributed by atoms with Gasteiger partial charge in [0.25, 0.3) is 0 Å². The summed E-state index contributed by atoms with van der Waals surface area (Å²) >= 11 is 0. The Balaban J connectivity index is 5.23. The molecule has 0 rings (SSSR count). The van der Waals surface area contributed by atoms with E-state index in [9.17, 15) is 0 Å². The molecule has 0 heterocycles. The van der Waals surface area contributed by atoms with Crippen molar-refractivity contribution in [1.82, 2.24) is 0 Å². The summed E-state index contributed by atoms with van der Waals surface area (Å²) in [6.07, 6.45) is 0.990. The fourth-order valence-electron chi connectivity index (χ4n) is 1.99. The lowest BCUT2D eigenvalue weighted by Gasteiger charge is -2.43. The molecule has 21 heavy (non-hydrogen) atoms. The van der Waals surface area contributed by atoms with Gasteiger partial charge in [-0.2, -0.15) is 0 Å². The minimum absolute atomic E-state index is 0.0470. The van der Waals surface area contributed by atoms with E-state index in [2.05, 4.69) is 83.1 Å². The third kappa shape index (κ3) is 9.52. The topological polar surface area (TPSA) is 18.5 Å². The normalized spacial score (nSPS) is 17.7. The van der Waals surface area contributed by atoms with Gasteiger partial charge in [0.1, 0.15) is 0 Å². The second kappa shape index (κ2) is 6.58. The van der Waals surface area contributed by atoms with E-state index in [1.54, 1.807) is 0 Å². The van der Waals surface area contributed by atoms with E-state index in [1.807, 2.05) is 0 Å². The first-order valence-corrected chi connectivity index (χ1v) is 8.25. The molecule has 2 nitrogen and oxygen atoms in total. The summed E-state index contributed by atoms with van der Waals surface area (Å²) in [7, 11) is 0. The molecule has 0 aliphatic carbocycles. The van der Waals surface area contributed by atoms with Crippen molar-refractivity contribution in [2.24, 2.45) is 16.2 Å². The van der Waals surface area contributed by atoms with Crippen molar-refractivity contribution in [1.29, 1.82) is 0 Å². The number of hydrogen-bond acceptors (Lipinski definition) is 2. The molecule has 0 amide bonds. The van der Waals surface area contributed by atoms with E-state index in [1.165, 1.54) is 0 Å². The van der Waals surface area contributed by atoms with Gasteiger partial charge in [-0.3, -0.25) is 0 Å². The van der Waals surface area contributed by atoms with E-state index in [0.29, 0.717) is 0 Å². The summed E-state index contributed by atoms with van der Waals surface area (Å²) in [5, 5.41) is 0. The van der Waals surface area contributed by atoms with Gasteiger partial charge in [-0.05, 0) is 38.0 Å². The molecule has 0 aromatic heterocycles. The minimum atomic E-state index is -0.206. The molecule has 0 spiro atoms. The third-order valence-electron chi connectivity index (χ3n) is 3.22. The molecule has 0 radical (unpaired) electrons. The highest BCUT2D eigenvalue weighted by molar-refractivity contribution is 4.82. The highest BCUT2D eigenvalue weighted by Gasteiger charge is 2.37. The maximum atomic E-state index is 6.51. The first kappa shape index (κ1) is 20.9. The fraction of sp³-hybridized carbons (Fsp3) is 1.00. The smallest absolute Gasteiger partial charge is 0.163 e. The number of rotatable bonds is 4. The molecule has 2 atom stereocenters. The number of ether oxygens (including phenoxy) is 2. The van der Waals surface area contributed by atoms with Crippen molar-refractivity contribution < 1.29 is 9.47 Å². The Morgan fingerprint density at radius 3 is 1.33 bits per heavy atom. The first-order chi connectivity index (χ1) is 8.92. The maximum Gasteiger partial charge on any atom is 0.163 e. The van der Waals surface area contributed by atoms with E-state index in [-0.39, 0.29) is 34.2 Å². The standard InChI is InChI=1S/C19H40O2/c1-16(2,3)13-14(17(4,5)6)20-15(18(7,8)9)21-19(10,11)12/h14-15H,13H2,1-12H3. The van der Waals surface area contributed by atoms with Crippen molar-refractivity contribution in [3.8, 4) is 0 Å². The monoisotopic (exact) mass is 300 g/mol. The van der Waals surface area contributed by atoms with Gasteiger partial charge in [0.2, 0.25) is 0 Å². The van der Waals surface area contributed by atoms with Crippen LogP contribution in [0.25, 0.3) is 0 Å². The van der Waals surface area contributed by atoms with Gasteiger partial charge in [-0.1, -0.05) is 62.3 Å². The molecule has 0 aliphatic rings. The summed E-state index contributed by atoms with van der Waals surface area (Å²) in [5.74, 6) is 0. The Kier molecular flexibility index (Phi) is 6.55. The zero-order valence-electron chi connectivity index (χ0n) is 16.7. The first-order valence-electron chi connectivity index (χ1n) is 8.25. The van der Waals surface area contributed by atoms with Gasteiger partial charge in [0.05, 0.1) is 11.7 Å². The minimum Gasteiger partial charge on any atom is -0.348 e. The van der Waals surface area contributed by atoms with Crippen LogP contribution < -0.4 is 0 Å². The molecule has 0 N–H and O–H groups in total. The van der Waals surface area contributed by atoms with Crippen LogP contribution in [0, 0.1) is 16.2 Å². The van der Waals surface area contributed by atoms with Crippen LogP contribution in [0.3, 0.4) is 0 Å². The van der Waals surface area contributed by atoms with E-state index in [0.717, 1.165) is 6.42 Å². The molecule has 2 heteroatoms. The predicted molar refractivity (Wildman–Crippen MR) is 92.5 cm³/mol. The molecule has 0 saturated carbocycles. The van der Waals surface area contributed by atoms with E-state index in [4.69, 9.17) is 9.47 Å². The van der Waals surface area contributed by atoms with Crippen molar-refractivity contribution >= 4 is 0 Å². The van der Waals surface area contributed by atoms with Gasteiger partial charge >= 0.3 is 0 Å². The Morgan fingerprint density at radius 1 is 0.667 bits per heavy atom. The zero-order valence-corrected chi connectivity index (χ0v) is 16.7. The highest BCUT2D eigenvalue weighted by atomic mass is 16.7. The lowest BCUT2D eigenvalue weighted by molar-refractivity contribution is -0.271. The largest absolute Gasteiger partial charge is 0.348 e. The molecule has 128 valence electrons. The quantitative estimate of drug-likeness (QED) is 0.589. The summed E-state index contributed by atoms with van der Waals surface area (Å²) < 4.78 is 12.7. The van der Waals surface area contributed by atoms with Crippen LogP contribution in [-0.4, -0.2) is 18.0 Å². The molecule has 0 aromatic rings. The fourth-order valence-corrected chi connectivity index (χ4v) is 1.99. The van der Waals surface area contributed by atoms with Crippen LogP contribution in [0.15, 0.2) is 0 Å². The number of hydrogen-bond donors (Lipinski definition) is 0. The van der Waals surface area contributed by atoms with Crippen LogP contribution in [0.5, 0.6) is 0 Å². The van der Waals surface area contributed by atoms with Gasteiger partial charge in [-0.25, -0.2) is 0 Å². The molecule has 0 aromatic carbocycles. The average Bonchev–Trinajstić information content (AvgIpc) is 2.07. The summed E-state index contributed by atoms with van der Waals surface area (Å²) in [4.78, 5) is 0. The van der Waals surface area contributed by atoms with Crippen molar-refractivity contribution in [3.63, 3.8) is 0 Å². The zero-order chi connectivity index (χ0) is 17.3. The third-order valence-corrected chi connectivity index (χ3v) is 3.22. The SMILES string of the molecule is CC(C)(C)CC(OC(OC(C)(C)C)C(C)(C)C)C(C)(C)C. The average molecular weight is 301 g/mol.